The minimum atomic E-state index is -1.54. The van der Waals surface area contributed by atoms with E-state index < -0.39 is 18.2 Å². The molecule has 2 N–H and O–H groups in total. The molecule has 1 aliphatic rings. The first-order valence-electron chi connectivity index (χ1n) is 13.2. The van der Waals surface area contributed by atoms with Crippen molar-refractivity contribution in [3.8, 4) is 28.4 Å². The summed E-state index contributed by atoms with van der Waals surface area (Å²) < 4.78 is 25.0. The van der Waals surface area contributed by atoms with E-state index in [1.165, 1.54) is 6.92 Å². The molecule has 0 radical (unpaired) electrons. The van der Waals surface area contributed by atoms with E-state index in [1.54, 1.807) is 11.9 Å². The predicted octanol–water partition coefficient (Wildman–Crippen LogP) is 3.08. The summed E-state index contributed by atoms with van der Waals surface area (Å²) in [5, 5.41) is 17.1. The number of likely N-dealkylation sites (N-methyl/N-ethyl adjacent to an activating group) is 1. The average molecular weight is 541 g/mol. The van der Waals surface area contributed by atoms with Crippen molar-refractivity contribution in [2.45, 2.75) is 52.9 Å². The van der Waals surface area contributed by atoms with E-state index in [9.17, 15) is 14.3 Å². The third-order valence-corrected chi connectivity index (χ3v) is 6.92. The first kappa shape index (κ1) is 28.4. The zero-order valence-electron chi connectivity index (χ0n) is 23.4. The molecule has 1 amide bonds. The highest BCUT2D eigenvalue weighted by molar-refractivity contribution is 5.81. The van der Waals surface area contributed by atoms with Crippen molar-refractivity contribution in [3.05, 3.63) is 41.3 Å². The van der Waals surface area contributed by atoms with Crippen LogP contribution in [0.4, 0.5) is 10.2 Å². The SMILES string of the molecule is CNCC(O)COc1cccc(-c2nc(-c3c(C)noc3C)c(C)c(N3CCN(C(=O)C(C)F)C(C)C3)n2)c1. The van der Waals surface area contributed by atoms with Gasteiger partial charge in [0.25, 0.3) is 5.91 Å². The van der Waals surface area contributed by atoms with Crippen LogP contribution in [-0.2, 0) is 4.79 Å². The van der Waals surface area contributed by atoms with Gasteiger partial charge in [-0.15, -0.1) is 0 Å². The van der Waals surface area contributed by atoms with E-state index >= 15 is 0 Å². The van der Waals surface area contributed by atoms with Crippen molar-refractivity contribution in [2.75, 3.05) is 44.7 Å². The number of hydrogen-bond donors (Lipinski definition) is 2. The van der Waals surface area contributed by atoms with Crippen molar-refractivity contribution >= 4 is 11.7 Å². The number of amides is 1. The second-order valence-electron chi connectivity index (χ2n) is 10.0. The number of carbonyl (C=O) groups is 1. The highest BCUT2D eigenvalue weighted by Gasteiger charge is 2.32. The smallest absolute Gasteiger partial charge is 0.257 e. The van der Waals surface area contributed by atoms with Crippen LogP contribution in [0.5, 0.6) is 5.75 Å². The number of rotatable bonds is 9. The van der Waals surface area contributed by atoms with Gasteiger partial charge >= 0.3 is 0 Å². The molecule has 11 heteroatoms. The lowest BCUT2D eigenvalue weighted by Gasteiger charge is -2.41. The van der Waals surface area contributed by atoms with Crippen LogP contribution in [0.2, 0.25) is 0 Å². The molecule has 39 heavy (non-hydrogen) atoms. The van der Waals surface area contributed by atoms with Crippen LogP contribution in [0.25, 0.3) is 22.6 Å². The van der Waals surface area contributed by atoms with Crippen LogP contribution < -0.4 is 15.0 Å². The Morgan fingerprint density at radius 1 is 1.28 bits per heavy atom. The van der Waals surface area contributed by atoms with Crippen LogP contribution in [0.3, 0.4) is 0 Å². The van der Waals surface area contributed by atoms with Gasteiger partial charge in [-0.1, -0.05) is 17.3 Å². The number of aryl methyl sites for hydroxylation is 2. The molecule has 3 heterocycles. The first-order chi connectivity index (χ1) is 18.6. The number of hydrogen-bond acceptors (Lipinski definition) is 9. The zero-order valence-corrected chi connectivity index (χ0v) is 23.4. The van der Waals surface area contributed by atoms with Gasteiger partial charge in [-0.25, -0.2) is 14.4 Å². The molecule has 2 aromatic heterocycles. The Labute approximate surface area is 228 Å². The summed E-state index contributed by atoms with van der Waals surface area (Å²) in [6.07, 6.45) is -2.17. The number of benzene rings is 1. The van der Waals surface area contributed by atoms with Crippen LogP contribution in [-0.4, -0.2) is 89.2 Å². The van der Waals surface area contributed by atoms with Gasteiger partial charge in [-0.2, -0.15) is 0 Å². The molecule has 3 aromatic rings. The second kappa shape index (κ2) is 12.1. The second-order valence-corrected chi connectivity index (χ2v) is 10.0. The van der Waals surface area contributed by atoms with E-state index in [2.05, 4.69) is 15.4 Å². The van der Waals surface area contributed by atoms with Gasteiger partial charge in [0, 0.05) is 43.3 Å². The Hall–Kier alpha value is -3.57. The molecule has 10 nitrogen and oxygen atoms in total. The quantitative estimate of drug-likeness (QED) is 0.422. The molecule has 0 saturated carbocycles. The topological polar surface area (TPSA) is 117 Å². The molecule has 210 valence electrons. The average Bonchev–Trinajstić information content (AvgIpc) is 3.25. The lowest BCUT2D eigenvalue weighted by Crippen LogP contribution is -2.56. The molecule has 1 aliphatic heterocycles. The Bertz CT molecular complexity index is 1290. The Kier molecular flexibility index (Phi) is 8.81. The number of nitrogens with zero attached hydrogens (tertiary/aromatic N) is 5. The summed E-state index contributed by atoms with van der Waals surface area (Å²) in [5.74, 6) is 1.99. The number of piperazine rings is 1. The highest BCUT2D eigenvalue weighted by atomic mass is 19.1. The van der Waals surface area contributed by atoms with Crippen molar-refractivity contribution in [2.24, 2.45) is 0 Å². The van der Waals surface area contributed by atoms with Crippen LogP contribution in [0.15, 0.2) is 28.8 Å². The maximum atomic E-state index is 13.8. The third-order valence-electron chi connectivity index (χ3n) is 6.92. The summed E-state index contributed by atoms with van der Waals surface area (Å²) in [7, 11) is 1.77. The van der Waals surface area contributed by atoms with Crippen molar-refractivity contribution in [3.63, 3.8) is 0 Å². The van der Waals surface area contributed by atoms with Crippen LogP contribution in [0, 0.1) is 20.8 Å². The monoisotopic (exact) mass is 540 g/mol. The lowest BCUT2D eigenvalue weighted by atomic mass is 10.0. The van der Waals surface area contributed by atoms with Gasteiger partial charge in [-0.05, 0) is 53.8 Å². The zero-order chi connectivity index (χ0) is 28.3. The maximum absolute atomic E-state index is 13.8. The highest BCUT2D eigenvalue weighted by Crippen LogP contribution is 2.35. The molecule has 0 spiro atoms. The van der Waals surface area contributed by atoms with Crippen molar-refractivity contribution in [1.82, 2.24) is 25.3 Å². The van der Waals surface area contributed by atoms with Crippen LogP contribution >= 0.6 is 0 Å². The summed E-state index contributed by atoms with van der Waals surface area (Å²) >= 11 is 0. The van der Waals surface area contributed by atoms with E-state index in [4.69, 9.17) is 19.2 Å². The normalized spacial score (nSPS) is 17.3. The Morgan fingerprint density at radius 3 is 2.69 bits per heavy atom. The molecular weight excluding hydrogens is 503 g/mol. The van der Waals surface area contributed by atoms with Crippen LogP contribution in [0.1, 0.15) is 30.9 Å². The number of alkyl halides is 1. The molecule has 0 bridgehead atoms. The van der Waals surface area contributed by atoms with E-state index in [-0.39, 0.29) is 12.6 Å². The lowest BCUT2D eigenvalue weighted by molar-refractivity contribution is -0.138. The van der Waals surface area contributed by atoms with E-state index in [0.29, 0.717) is 49.2 Å². The first-order valence-corrected chi connectivity index (χ1v) is 13.2. The number of carbonyl (C=O) groups excluding carboxylic acids is 1. The summed E-state index contributed by atoms with van der Waals surface area (Å²) in [4.78, 5) is 26.0. The number of halogens is 1. The number of aliphatic hydroxyl groups is 1. The molecular formula is C28H37FN6O4. The standard InChI is InChI=1S/C28H37FN6O4/c1-16-14-34(10-11-35(16)28(37)18(3)29)27-17(2)25(24-19(4)33-39-20(24)5)31-26(32-27)21-8-7-9-23(12-21)38-15-22(36)13-30-6/h7-9,12,16,18,22,30,36H,10-11,13-15H2,1-6H3. The van der Waals surface area contributed by atoms with Gasteiger partial charge in [0.15, 0.2) is 12.0 Å². The number of aromatic nitrogens is 3. The number of aliphatic hydroxyl groups excluding tert-OH is 1. The van der Waals surface area contributed by atoms with Gasteiger partial charge in [0.2, 0.25) is 0 Å². The summed E-state index contributed by atoms with van der Waals surface area (Å²) in [6.45, 7) is 10.9. The number of nitrogens with one attached hydrogen (secondary N) is 1. The molecule has 4 rings (SSSR count). The van der Waals surface area contributed by atoms with Gasteiger partial charge < -0.3 is 29.5 Å². The molecule has 1 fully saturated rings. The minimum absolute atomic E-state index is 0.146. The van der Waals surface area contributed by atoms with Gasteiger partial charge in [0.1, 0.15) is 30.0 Å². The Morgan fingerprint density at radius 2 is 2.05 bits per heavy atom. The number of ether oxygens (including phenoxy) is 1. The molecule has 3 unspecified atom stereocenters. The van der Waals surface area contributed by atoms with E-state index in [1.807, 2.05) is 52.0 Å². The molecule has 0 aliphatic carbocycles. The predicted molar refractivity (Wildman–Crippen MR) is 147 cm³/mol. The summed E-state index contributed by atoms with van der Waals surface area (Å²) in [6, 6.07) is 7.25. The minimum Gasteiger partial charge on any atom is -0.491 e. The fourth-order valence-electron chi connectivity index (χ4n) is 4.92. The fraction of sp³-hybridized carbons (Fsp3) is 0.500. The number of anilines is 1. The molecule has 1 saturated heterocycles. The van der Waals surface area contributed by atoms with Crippen molar-refractivity contribution in [1.29, 1.82) is 0 Å². The maximum Gasteiger partial charge on any atom is 0.257 e. The van der Waals surface area contributed by atoms with Gasteiger partial charge in [0.05, 0.1) is 17.0 Å². The largest absolute Gasteiger partial charge is 0.491 e. The van der Waals surface area contributed by atoms with Gasteiger partial charge in [-0.3, -0.25) is 4.79 Å². The Balaban J connectivity index is 1.73. The summed E-state index contributed by atoms with van der Waals surface area (Å²) in [5.41, 5.74) is 3.86. The van der Waals surface area contributed by atoms with Crippen molar-refractivity contribution < 1.29 is 23.6 Å². The molecule has 3 atom stereocenters. The third kappa shape index (κ3) is 6.20. The fourth-order valence-corrected chi connectivity index (χ4v) is 4.92. The molecule has 1 aromatic carbocycles. The van der Waals surface area contributed by atoms with E-state index in [0.717, 1.165) is 28.2 Å².